The Labute approximate surface area is 134 Å². The second-order valence-corrected chi connectivity index (χ2v) is 5.48. The summed E-state index contributed by atoms with van der Waals surface area (Å²) in [6, 6.07) is 13.0. The number of fused-ring (bicyclic) bond motifs is 1. The fraction of sp³-hybridized carbons (Fsp3) is 0.294. The molecule has 0 saturated heterocycles. The van der Waals surface area contributed by atoms with Crippen molar-refractivity contribution >= 4 is 11.4 Å². The van der Waals surface area contributed by atoms with Gasteiger partial charge < -0.3 is 15.0 Å². The first-order valence-corrected chi connectivity index (χ1v) is 7.54. The number of rotatable bonds is 4. The van der Waals surface area contributed by atoms with Crippen molar-refractivity contribution in [3.05, 3.63) is 63.7 Å². The molecule has 0 unspecified atom stereocenters. The fourth-order valence-corrected chi connectivity index (χ4v) is 2.90. The van der Waals surface area contributed by atoms with Crippen LogP contribution >= 0.6 is 0 Å². The van der Waals surface area contributed by atoms with E-state index in [-0.39, 0.29) is 10.6 Å². The molecule has 1 aliphatic rings. The maximum atomic E-state index is 11.0. The van der Waals surface area contributed by atoms with Crippen molar-refractivity contribution in [1.29, 1.82) is 0 Å². The zero-order valence-corrected chi connectivity index (χ0v) is 13.0. The van der Waals surface area contributed by atoms with E-state index in [0.717, 1.165) is 30.9 Å². The van der Waals surface area contributed by atoms with Crippen LogP contribution in [0.5, 0.6) is 5.75 Å². The van der Waals surface area contributed by atoms with Crippen LogP contribution < -0.4 is 15.0 Å². The third-order valence-corrected chi connectivity index (χ3v) is 4.04. The monoisotopic (exact) mass is 313 g/mol. The summed E-state index contributed by atoms with van der Waals surface area (Å²) in [6.45, 7) is 3.11. The van der Waals surface area contributed by atoms with Gasteiger partial charge in [0.05, 0.1) is 12.0 Å². The molecule has 0 amide bonds. The van der Waals surface area contributed by atoms with E-state index in [0.29, 0.717) is 12.3 Å². The lowest BCUT2D eigenvalue weighted by Crippen LogP contribution is -2.28. The van der Waals surface area contributed by atoms with Crippen LogP contribution in [0.4, 0.5) is 11.4 Å². The highest BCUT2D eigenvalue weighted by atomic mass is 16.6. The molecule has 2 aromatic carbocycles. The molecule has 0 bridgehead atoms. The van der Waals surface area contributed by atoms with E-state index in [1.54, 1.807) is 19.2 Å². The third-order valence-electron chi connectivity index (χ3n) is 4.04. The number of hydrogen-bond acceptors (Lipinski definition) is 5. The van der Waals surface area contributed by atoms with Crippen LogP contribution in [0.1, 0.15) is 11.1 Å². The maximum absolute atomic E-state index is 11.0. The van der Waals surface area contributed by atoms with Gasteiger partial charge in [-0.1, -0.05) is 18.2 Å². The normalized spacial score (nSPS) is 14.0. The van der Waals surface area contributed by atoms with Crippen molar-refractivity contribution in [1.82, 2.24) is 5.32 Å². The van der Waals surface area contributed by atoms with Crippen molar-refractivity contribution in [2.24, 2.45) is 0 Å². The molecular formula is C17H19N3O3. The molecule has 0 aliphatic carbocycles. The molecule has 0 spiro atoms. The Balaban J connectivity index is 1.95. The summed E-state index contributed by atoms with van der Waals surface area (Å²) < 4.78 is 5.38. The summed E-state index contributed by atoms with van der Waals surface area (Å²) in [5.41, 5.74) is 3.29. The average Bonchev–Trinajstić information content (AvgIpc) is 2.77. The predicted molar refractivity (Wildman–Crippen MR) is 88.8 cm³/mol. The number of nitrogens with one attached hydrogen (secondary N) is 1. The first-order valence-electron chi connectivity index (χ1n) is 7.54. The molecule has 0 saturated carbocycles. The molecule has 6 nitrogen and oxygen atoms in total. The molecule has 23 heavy (non-hydrogen) atoms. The van der Waals surface area contributed by atoms with Gasteiger partial charge in [0.1, 0.15) is 5.75 Å². The zero-order valence-electron chi connectivity index (χ0n) is 13.0. The van der Waals surface area contributed by atoms with Gasteiger partial charge in [-0.05, 0) is 17.7 Å². The first-order chi connectivity index (χ1) is 11.2. The minimum absolute atomic E-state index is 0.0852. The molecule has 2 aromatic rings. The van der Waals surface area contributed by atoms with E-state index in [9.17, 15) is 10.1 Å². The van der Waals surface area contributed by atoms with Crippen molar-refractivity contribution in [2.45, 2.75) is 13.1 Å². The van der Waals surface area contributed by atoms with E-state index in [2.05, 4.69) is 22.3 Å². The van der Waals surface area contributed by atoms with Crippen LogP contribution in [-0.4, -0.2) is 25.1 Å². The summed E-state index contributed by atoms with van der Waals surface area (Å²) in [5.74, 6) is 0.672. The Morgan fingerprint density at radius 3 is 2.91 bits per heavy atom. The molecule has 1 N–H and O–H groups in total. The Bertz CT molecular complexity index is 718. The van der Waals surface area contributed by atoms with Gasteiger partial charge in [0, 0.05) is 49.6 Å². The summed E-state index contributed by atoms with van der Waals surface area (Å²) in [6.07, 6.45) is 0. The Hall–Kier alpha value is -2.60. The van der Waals surface area contributed by atoms with Crippen LogP contribution in [0.15, 0.2) is 42.5 Å². The van der Waals surface area contributed by atoms with Crippen molar-refractivity contribution in [3.8, 4) is 5.75 Å². The van der Waals surface area contributed by atoms with Gasteiger partial charge in [-0.25, -0.2) is 0 Å². The van der Waals surface area contributed by atoms with Crippen LogP contribution in [0, 0.1) is 10.1 Å². The molecule has 0 radical (unpaired) electrons. The molecular weight excluding hydrogens is 294 g/mol. The van der Waals surface area contributed by atoms with Gasteiger partial charge in [-0.15, -0.1) is 0 Å². The van der Waals surface area contributed by atoms with E-state index < -0.39 is 0 Å². The summed E-state index contributed by atoms with van der Waals surface area (Å²) in [7, 11) is 1.59. The lowest BCUT2D eigenvalue weighted by molar-refractivity contribution is -0.384. The highest BCUT2D eigenvalue weighted by Gasteiger charge is 2.18. The molecule has 1 heterocycles. The number of methoxy groups -OCH3 is 1. The first kappa shape index (κ1) is 15.3. The van der Waals surface area contributed by atoms with Crippen LogP contribution in [-0.2, 0) is 13.1 Å². The molecule has 1 aliphatic heterocycles. The van der Waals surface area contributed by atoms with Crippen LogP contribution in [0.3, 0.4) is 0 Å². The van der Waals surface area contributed by atoms with E-state index in [1.165, 1.54) is 11.6 Å². The number of nitro benzene ring substituents is 1. The van der Waals surface area contributed by atoms with E-state index in [1.807, 2.05) is 12.1 Å². The largest absolute Gasteiger partial charge is 0.496 e. The van der Waals surface area contributed by atoms with Gasteiger partial charge in [0.2, 0.25) is 0 Å². The van der Waals surface area contributed by atoms with Gasteiger partial charge in [0.15, 0.2) is 0 Å². The number of nitro groups is 1. The Kier molecular flexibility index (Phi) is 4.43. The number of benzene rings is 2. The Morgan fingerprint density at radius 2 is 2.13 bits per heavy atom. The molecule has 0 fully saturated rings. The second-order valence-electron chi connectivity index (χ2n) is 5.48. The summed E-state index contributed by atoms with van der Waals surface area (Å²) in [4.78, 5) is 12.9. The molecule has 0 atom stereocenters. The second kappa shape index (κ2) is 6.66. The van der Waals surface area contributed by atoms with Crippen molar-refractivity contribution in [3.63, 3.8) is 0 Å². The van der Waals surface area contributed by atoms with E-state index >= 15 is 0 Å². The minimum Gasteiger partial charge on any atom is -0.496 e. The number of para-hydroxylation sites is 1. The topological polar surface area (TPSA) is 67.6 Å². The number of hydrogen-bond donors (Lipinski definition) is 1. The lowest BCUT2D eigenvalue weighted by atomic mass is 10.1. The number of nitrogens with zero attached hydrogens (tertiary/aromatic N) is 2. The van der Waals surface area contributed by atoms with Gasteiger partial charge in [-0.2, -0.15) is 0 Å². The predicted octanol–water partition coefficient (Wildman–Crippen LogP) is 2.71. The van der Waals surface area contributed by atoms with Crippen LogP contribution in [0.25, 0.3) is 0 Å². The van der Waals surface area contributed by atoms with Gasteiger partial charge >= 0.3 is 0 Å². The number of anilines is 1. The fourth-order valence-electron chi connectivity index (χ4n) is 2.90. The number of non-ortho nitro benzene ring substituents is 1. The van der Waals surface area contributed by atoms with Crippen molar-refractivity contribution < 1.29 is 9.66 Å². The SMILES string of the molecule is COc1ccc([N+](=O)[O-])cc1CN1CCNCc2ccccc21. The van der Waals surface area contributed by atoms with Gasteiger partial charge in [0.25, 0.3) is 5.69 Å². The summed E-state index contributed by atoms with van der Waals surface area (Å²) >= 11 is 0. The molecule has 6 heteroatoms. The summed E-state index contributed by atoms with van der Waals surface area (Å²) in [5, 5.41) is 14.4. The number of ether oxygens (including phenoxy) is 1. The quantitative estimate of drug-likeness (QED) is 0.694. The Morgan fingerprint density at radius 1 is 1.30 bits per heavy atom. The highest BCUT2D eigenvalue weighted by molar-refractivity contribution is 5.56. The smallest absolute Gasteiger partial charge is 0.270 e. The zero-order chi connectivity index (χ0) is 16.2. The maximum Gasteiger partial charge on any atom is 0.270 e. The third kappa shape index (κ3) is 3.27. The molecule has 3 rings (SSSR count). The lowest BCUT2D eigenvalue weighted by Gasteiger charge is -2.25. The van der Waals surface area contributed by atoms with E-state index in [4.69, 9.17) is 4.74 Å². The molecule has 120 valence electrons. The highest BCUT2D eigenvalue weighted by Crippen LogP contribution is 2.29. The standard InChI is InChI=1S/C17H19N3O3/c1-23-17-7-6-15(20(21)22)10-14(17)12-19-9-8-18-11-13-4-2-3-5-16(13)19/h2-7,10,18H,8-9,11-12H2,1H3. The molecule has 0 aromatic heterocycles. The van der Waals surface area contributed by atoms with Crippen LogP contribution in [0.2, 0.25) is 0 Å². The van der Waals surface area contributed by atoms with Gasteiger partial charge in [-0.3, -0.25) is 10.1 Å². The average molecular weight is 313 g/mol. The van der Waals surface area contributed by atoms with Crippen molar-refractivity contribution in [2.75, 3.05) is 25.1 Å². The minimum atomic E-state index is -0.374.